The van der Waals surface area contributed by atoms with E-state index >= 15 is 0 Å². The molecule has 8 heteroatoms. The van der Waals surface area contributed by atoms with E-state index in [-0.39, 0.29) is 24.8 Å². The zero-order valence-electron chi connectivity index (χ0n) is 17.4. The van der Waals surface area contributed by atoms with Crippen molar-refractivity contribution in [2.45, 2.75) is 18.9 Å². The van der Waals surface area contributed by atoms with Crippen LogP contribution >= 0.6 is 0 Å². The van der Waals surface area contributed by atoms with Crippen molar-refractivity contribution in [2.24, 2.45) is 0 Å². The minimum Gasteiger partial charge on any atom is -0.378 e. The van der Waals surface area contributed by atoms with E-state index in [1.165, 1.54) is 0 Å². The summed E-state index contributed by atoms with van der Waals surface area (Å²) in [5.41, 5.74) is 1.56. The Bertz CT molecular complexity index is 860. The van der Waals surface area contributed by atoms with Gasteiger partial charge < -0.3 is 25.6 Å². The van der Waals surface area contributed by atoms with Crippen LogP contribution in [0.15, 0.2) is 60.7 Å². The maximum atomic E-state index is 13.4. The topological polar surface area (TPSA) is 99.8 Å². The Kier molecular flexibility index (Phi) is 8.42. The second-order valence-corrected chi connectivity index (χ2v) is 7.24. The molecule has 0 saturated carbocycles. The summed E-state index contributed by atoms with van der Waals surface area (Å²) in [6, 6.07) is 17.3. The molecule has 1 fully saturated rings. The highest BCUT2D eigenvalue weighted by Gasteiger charge is 2.27. The summed E-state index contributed by atoms with van der Waals surface area (Å²) in [5, 5.41) is 8.32. The zero-order valence-corrected chi connectivity index (χ0v) is 17.4. The lowest BCUT2D eigenvalue weighted by Gasteiger charge is -2.28. The molecule has 164 valence electrons. The molecule has 0 aliphatic carbocycles. The summed E-state index contributed by atoms with van der Waals surface area (Å²) in [4.78, 5) is 39.5. The van der Waals surface area contributed by atoms with Crippen molar-refractivity contribution in [1.29, 1.82) is 0 Å². The number of ether oxygens (including phenoxy) is 1. The molecule has 2 aromatic carbocycles. The summed E-state index contributed by atoms with van der Waals surface area (Å²) >= 11 is 0. The van der Waals surface area contributed by atoms with Gasteiger partial charge in [0.15, 0.2) is 0 Å². The van der Waals surface area contributed by atoms with Crippen LogP contribution in [-0.2, 0) is 20.7 Å². The smallest absolute Gasteiger partial charge is 0.319 e. The van der Waals surface area contributed by atoms with Crippen LogP contribution in [0.25, 0.3) is 0 Å². The van der Waals surface area contributed by atoms with Crippen LogP contribution in [-0.4, -0.2) is 61.6 Å². The van der Waals surface area contributed by atoms with Crippen molar-refractivity contribution in [3.63, 3.8) is 0 Å². The lowest BCUT2D eigenvalue weighted by molar-refractivity contribution is -0.135. The van der Waals surface area contributed by atoms with Gasteiger partial charge in [0.25, 0.3) is 0 Å². The molecule has 3 rings (SSSR count). The fourth-order valence-electron chi connectivity index (χ4n) is 3.31. The van der Waals surface area contributed by atoms with E-state index in [2.05, 4.69) is 16.0 Å². The number of benzene rings is 2. The Balaban J connectivity index is 1.72. The predicted molar refractivity (Wildman–Crippen MR) is 118 cm³/mol. The Morgan fingerprint density at radius 3 is 2.45 bits per heavy atom. The summed E-state index contributed by atoms with van der Waals surface area (Å²) in [7, 11) is 0. The van der Waals surface area contributed by atoms with E-state index in [9.17, 15) is 14.4 Å². The number of hydrogen-bond donors (Lipinski definition) is 3. The van der Waals surface area contributed by atoms with E-state index in [0.29, 0.717) is 38.4 Å². The number of urea groups is 1. The second-order valence-electron chi connectivity index (χ2n) is 7.24. The van der Waals surface area contributed by atoms with Gasteiger partial charge in [-0.25, -0.2) is 4.79 Å². The number of amides is 4. The lowest BCUT2D eigenvalue weighted by atomic mass is 10.0. The predicted octanol–water partition coefficient (Wildman–Crippen LogP) is 1.78. The van der Waals surface area contributed by atoms with Crippen LogP contribution in [0.3, 0.4) is 0 Å². The van der Waals surface area contributed by atoms with E-state index in [0.717, 1.165) is 5.56 Å². The van der Waals surface area contributed by atoms with Gasteiger partial charge in [-0.3, -0.25) is 9.59 Å². The standard InChI is InChI=1S/C23H28N4O4/c28-21-11-13-27(14-16-31-15-12-24-21)22(29)20(17-18-7-3-1-4-8-18)26-23(30)25-19-9-5-2-6-10-19/h1-10,20H,11-17H2,(H,24,28)(H2,25,26,30)/t20-/m1/s1. The monoisotopic (exact) mass is 424 g/mol. The Morgan fingerprint density at radius 1 is 1.00 bits per heavy atom. The first-order valence-corrected chi connectivity index (χ1v) is 10.4. The highest BCUT2D eigenvalue weighted by atomic mass is 16.5. The molecule has 1 atom stereocenters. The number of nitrogens with one attached hydrogen (secondary N) is 3. The van der Waals surface area contributed by atoms with Gasteiger partial charge in [0.1, 0.15) is 6.04 Å². The Morgan fingerprint density at radius 2 is 1.71 bits per heavy atom. The molecule has 0 spiro atoms. The fraction of sp³-hybridized carbons (Fsp3) is 0.348. The molecule has 3 N–H and O–H groups in total. The molecule has 31 heavy (non-hydrogen) atoms. The van der Waals surface area contributed by atoms with Gasteiger partial charge >= 0.3 is 6.03 Å². The zero-order chi connectivity index (χ0) is 21.9. The molecule has 0 unspecified atom stereocenters. The van der Waals surface area contributed by atoms with Crippen LogP contribution in [0, 0.1) is 0 Å². The summed E-state index contributed by atoms with van der Waals surface area (Å²) in [6.45, 7) is 1.86. The number of hydrogen-bond acceptors (Lipinski definition) is 4. The maximum Gasteiger partial charge on any atom is 0.319 e. The largest absolute Gasteiger partial charge is 0.378 e. The van der Waals surface area contributed by atoms with E-state index < -0.39 is 12.1 Å². The first-order chi connectivity index (χ1) is 15.1. The van der Waals surface area contributed by atoms with Gasteiger partial charge in [-0.15, -0.1) is 0 Å². The molecule has 1 saturated heterocycles. The SMILES string of the molecule is O=C1CCN(C(=O)[C@@H](Cc2ccccc2)NC(=O)Nc2ccccc2)CCOCCN1. The maximum absolute atomic E-state index is 13.4. The van der Waals surface area contributed by atoms with Crippen LogP contribution in [0.2, 0.25) is 0 Å². The molecular weight excluding hydrogens is 396 g/mol. The van der Waals surface area contributed by atoms with Crippen molar-refractivity contribution < 1.29 is 19.1 Å². The molecule has 0 aromatic heterocycles. The molecule has 2 aromatic rings. The third-order valence-electron chi connectivity index (χ3n) is 4.91. The molecule has 1 aliphatic heterocycles. The molecule has 8 nitrogen and oxygen atoms in total. The lowest BCUT2D eigenvalue weighted by Crippen LogP contribution is -2.52. The highest BCUT2D eigenvalue weighted by molar-refractivity contribution is 5.94. The van der Waals surface area contributed by atoms with E-state index in [1.54, 1.807) is 17.0 Å². The summed E-state index contributed by atoms with van der Waals surface area (Å²) in [6.07, 6.45) is 0.547. The van der Waals surface area contributed by atoms with Gasteiger partial charge in [0, 0.05) is 38.2 Å². The first-order valence-electron chi connectivity index (χ1n) is 10.4. The fourth-order valence-corrected chi connectivity index (χ4v) is 3.31. The summed E-state index contributed by atoms with van der Waals surface area (Å²) < 4.78 is 5.49. The minimum absolute atomic E-state index is 0.127. The molecular formula is C23H28N4O4. The normalized spacial score (nSPS) is 16.0. The van der Waals surface area contributed by atoms with Gasteiger partial charge in [-0.1, -0.05) is 48.5 Å². The molecule has 0 radical (unpaired) electrons. The third kappa shape index (κ3) is 7.42. The van der Waals surface area contributed by atoms with Crippen LogP contribution in [0.4, 0.5) is 10.5 Å². The Hall–Kier alpha value is -3.39. The first kappa shape index (κ1) is 22.3. The van der Waals surface area contributed by atoms with Crippen molar-refractivity contribution in [3.8, 4) is 0 Å². The minimum atomic E-state index is -0.780. The van der Waals surface area contributed by atoms with Gasteiger partial charge in [-0.2, -0.15) is 0 Å². The van der Waals surface area contributed by atoms with Gasteiger partial charge in [-0.05, 0) is 17.7 Å². The van der Waals surface area contributed by atoms with Gasteiger partial charge in [0.2, 0.25) is 11.8 Å². The van der Waals surface area contributed by atoms with Crippen LogP contribution < -0.4 is 16.0 Å². The van der Waals surface area contributed by atoms with Crippen LogP contribution in [0.5, 0.6) is 0 Å². The molecule has 4 amide bonds. The van der Waals surface area contributed by atoms with Crippen molar-refractivity contribution >= 4 is 23.5 Å². The molecule has 0 bridgehead atoms. The number of rotatable bonds is 5. The second kappa shape index (κ2) is 11.7. The van der Waals surface area contributed by atoms with Crippen LogP contribution in [0.1, 0.15) is 12.0 Å². The number of carbonyl (C=O) groups is 3. The van der Waals surface area contributed by atoms with Crippen molar-refractivity contribution in [3.05, 3.63) is 66.2 Å². The average Bonchev–Trinajstić information content (AvgIpc) is 2.78. The van der Waals surface area contributed by atoms with E-state index in [4.69, 9.17) is 4.74 Å². The quantitative estimate of drug-likeness (QED) is 0.681. The summed E-state index contributed by atoms with van der Waals surface area (Å²) in [5.74, 6) is -0.373. The van der Waals surface area contributed by atoms with Gasteiger partial charge in [0.05, 0.1) is 13.2 Å². The number of carbonyl (C=O) groups excluding carboxylic acids is 3. The number of para-hydroxylation sites is 1. The number of nitrogens with zero attached hydrogens (tertiary/aromatic N) is 1. The Labute approximate surface area is 182 Å². The average molecular weight is 425 g/mol. The molecule has 1 heterocycles. The van der Waals surface area contributed by atoms with Crippen molar-refractivity contribution in [2.75, 3.05) is 38.2 Å². The molecule has 1 aliphatic rings. The van der Waals surface area contributed by atoms with E-state index in [1.807, 2.05) is 48.5 Å². The van der Waals surface area contributed by atoms with Crippen molar-refractivity contribution in [1.82, 2.24) is 15.5 Å². The highest BCUT2D eigenvalue weighted by Crippen LogP contribution is 2.09. The third-order valence-corrected chi connectivity index (χ3v) is 4.91. The number of anilines is 1.